The number of hydrogen-bond donors (Lipinski definition) is 0. The van der Waals surface area contributed by atoms with E-state index in [4.69, 9.17) is 0 Å². The smallest absolute Gasteiger partial charge is 0.228 e. The SMILES string of the molecule is CCS(=O)(=O)c1nc2c(C)cccc2n1C. The average Bonchev–Trinajstić information content (AvgIpc) is 2.59. The topological polar surface area (TPSA) is 52.0 Å². The van der Waals surface area contributed by atoms with Crippen LogP contribution in [0.2, 0.25) is 0 Å². The molecule has 4 nitrogen and oxygen atoms in total. The van der Waals surface area contributed by atoms with Gasteiger partial charge in [-0.15, -0.1) is 0 Å². The minimum Gasteiger partial charge on any atom is -0.318 e. The van der Waals surface area contributed by atoms with Gasteiger partial charge in [-0.25, -0.2) is 13.4 Å². The quantitative estimate of drug-likeness (QED) is 0.799. The summed E-state index contributed by atoms with van der Waals surface area (Å²) in [6, 6.07) is 5.71. The molecule has 1 heterocycles. The van der Waals surface area contributed by atoms with Crippen molar-refractivity contribution >= 4 is 20.9 Å². The Hall–Kier alpha value is -1.36. The molecule has 0 fully saturated rings. The molecule has 86 valence electrons. The van der Waals surface area contributed by atoms with E-state index in [2.05, 4.69) is 4.98 Å². The van der Waals surface area contributed by atoms with Gasteiger partial charge in [-0.3, -0.25) is 0 Å². The van der Waals surface area contributed by atoms with Gasteiger partial charge in [-0.2, -0.15) is 0 Å². The molecule has 1 aromatic heterocycles. The lowest BCUT2D eigenvalue weighted by Gasteiger charge is -2.00. The summed E-state index contributed by atoms with van der Waals surface area (Å²) >= 11 is 0. The summed E-state index contributed by atoms with van der Waals surface area (Å²) in [5.74, 6) is 0.0726. The van der Waals surface area contributed by atoms with Crippen LogP contribution in [0.15, 0.2) is 23.4 Å². The molecule has 0 aliphatic carbocycles. The van der Waals surface area contributed by atoms with Gasteiger partial charge in [-0.1, -0.05) is 19.1 Å². The fraction of sp³-hybridized carbons (Fsp3) is 0.364. The number of hydrogen-bond acceptors (Lipinski definition) is 3. The standard InChI is InChI=1S/C11H14N2O2S/c1-4-16(14,15)11-12-10-8(2)6-5-7-9(10)13(11)3/h5-7H,4H2,1-3H3. The highest BCUT2D eigenvalue weighted by atomic mass is 32.2. The molecule has 0 saturated carbocycles. The van der Waals surface area contributed by atoms with Crippen LogP contribution in [0.4, 0.5) is 0 Å². The van der Waals surface area contributed by atoms with E-state index in [1.54, 1.807) is 18.5 Å². The molecular weight excluding hydrogens is 224 g/mol. The van der Waals surface area contributed by atoms with Crippen molar-refractivity contribution in [3.63, 3.8) is 0 Å². The van der Waals surface area contributed by atoms with Gasteiger partial charge in [-0.05, 0) is 18.6 Å². The molecule has 0 atom stereocenters. The number of imidazole rings is 1. The van der Waals surface area contributed by atoms with E-state index in [9.17, 15) is 8.42 Å². The number of para-hydroxylation sites is 1. The van der Waals surface area contributed by atoms with Gasteiger partial charge in [0.2, 0.25) is 15.0 Å². The molecular formula is C11H14N2O2S. The molecule has 2 rings (SSSR count). The zero-order valence-electron chi connectivity index (χ0n) is 9.56. The van der Waals surface area contributed by atoms with Crippen molar-refractivity contribution in [2.24, 2.45) is 7.05 Å². The van der Waals surface area contributed by atoms with Gasteiger partial charge >= 0.3 is 0 Å². The third-order valence-electron chi connectivity index (χ3n) is 2.73. The number of aromatic nitrogens is 2. The Kier molecular flexibility index (Phi) is 2.50. The monoisotopic (exact) mass is 238 g/mol. The van der Waals surface area contributed by atoms with Gasteiger partial charge in [0.1, 0.15) is 0 Å². The maximum Gasteiger partial charge on any atom is 0.228 e. The van der Waals surface area contributed by atoms with Crippen molar-refractivity contribution in [1.29, 1.82) is 0 Å². The van der Waals surface area contributed by atoms with Gasteiger partial charge < -0.3 is 4.57 Å². The van der Waals surface area contributed by atoms with Gasteiger partial charge in [0, 0.05) is 7.05 Å². The second-order valence-corrected chi connectivity index (χ2v) is 5.97. The molecule has 0 radical (unpaired) electrons. The Morgan fingerprint density at radius 3 is 2.62 bits per heavy atom. The maximum atomic E-state index is 11.8. The summed E-state index contributed by atoms with van der Waals surface area (Å²) in [4.78, 5) is 4.23. The number of benzene rings is 1. The lowest BCUT2D eigenvalue weighted by Crippen LogP contribution is -2.10. The molecule has 2 aromatic rings. The van der Waals surface area contributed by atoms with Crippen molar-refractivity contribution in [2.75, 3.05) is 5.75 Å². The number of sulfone groups is 1. The molecule has 16 heavy (non-hydrogen) atoms. The second kappa shape index (κ2) is 3.59. The van der Waals surface area contributed by atoms with Crippen LogP contribution in [0, 0.1) is 6.92 Å². The summed E-state index contributed by atoms with van der Waals surface area (Å²) in [6.07, 6.45) is 0. The largest absolute Gasteiger partial charge is 0.318 e. The summed E-state index contributed by atoms with van der Waals surface area (Å²) in [5, 5.41) is 0.152. The lowest BCUT2D eigenvalue weighted by atomic mass is 10.2. The van der Waals surface area contributed by atoms with Crippen LogP contribution < -0.4 is 0 Å². The third-order valence-corrected chi connectivity index (χ3v) is 4.41. The molecule has 5 heteroatoms. The van der Waals surface area contributed by atoms with E-state index in [0.29, 0.717) is 0 Å². The van der Waals surface area contributed by atoms with Gasteiger partial charge in [0.15, 0.2) is 0 Å². The van der Waals surface area contributed by atoms with E-state index >= 15 is 0 Å². The lowest BCUT2D eigenvalue weighted by molar-refractivity contribution is 0.582. The fourth-order valence-corrected chi connectivity index (χ4v) is 2.74. The number of aryl methyl sites for hydroxylation is 2. The summed E-state index contributed by atoms with van der Waals surface area (Å²) in [7, 11) is -1.52. The Morgan fingerprint density at radius 1 is 1.38 bits per heavy atom. The van der Waals surface area contributed by atoms with E-state index in [-0.39, 0.29) is 10.9 Å². The molecule has 1 aromatic carbocycles. The van der Waals surface area contributed by atoms with Crippen LogP contribution in [0.1, 0.15) is 12.5 Å². The first-order valence-electron chi connectivity index (χ1n) is 5.12. The molecule has 0 saturated heterocycles. The maximum absolute atomic E-state index is 11.8. The first-order valence-corrected chi connectivity index (χ1v) is 6.77. The molecule has 0 spiro atoms. The van der Waals surface area contributed by atoms with Crippen LogP contribution in [0.3, 0.4) is 0 Å². The minimum absolute atomic E-state index is 0.0726. The van der Waals surface area contributed by atoms with Crippen LogP contribution in [-0.4, -0.2) is 23.7 Å². The van der Waals surface area contributed by atoms with Crippen LogP contribution in [0.25, 0.3) is 11.0 Å². The zero-order chi connectivity index (χ0) is 11.9. The van der Waals surface area contributed by atoms with E-state index in [0.717, 1.165) is 16.6 Å². The highest BCUT2D eigenvalue weighted by molar-refractivity contribution is 7.91. The van der Waals surface area contributed by atoms with Crippen molar-refractivity contribution in [3.05, 3.63) is 23.8 Å². The first kappa shape index (κ1) is 11.1. The van der Waals surface area contributed by atoms with Gasteiger partial charge in [0.05, 0.1) is 16.8 Å². The van der Waals surface area contributed by atoms with Crippen molar-refractivity contribution in [1.82, 2.24) is 9.55 Å². The summed E-state index contributed by atoms with van der Waals surface area (Å²) in [5.41, 5.74) is 2.61. The zero-order valence-corrected chi connectivity index (χ0v) is 10.4. The molecule has 0 aliphatic rings. The second-order valence-electron chi connectivity index (χ2n) is 3.80. The average molecular weight is 238 g/mol. The first-order chi connectivity index (χ1) is 7.47. The summed E-state index contributed by atoms with van der Waals surface area (Å²) in [6.45, 7) is 3.55. The van der Waals surface area contributed by atoms with E-state index in [1.807, 2.05) is 25.1 Å². The molecule has 0 N–H and O–H groups in total. The Morgan fingerprint density at radius 2 is 2.06 bits per heavy atom. The fourth-order valence-electron chi connectivity index (χ4n) is 1.74. The molecule has 0 amide bonds. The van der Waals surface area contributed by atoms with Crippen LogP contribution in [-0.2, 0) is 16.9 Å². The number of fused-ring (bicyclic) bond motifs is 1. The predicted octanol–water partition coefficient (Wildman–Crippen LogP) is 1.68. The molecule has 0 bridgehead atoms. The predicted molar refractivity (Wildman–Crippen MR) is 63.2 cm³/mol. The molecule has 0 aliphatic heterocycles. The van der Waals surface area contributed by atoms with Crippen molar-refractivity contribution < 1.29 is 8.42 Å². The Balaban J connectivity index is 2.85. The Labute approximate surface area is 94.8 Å². The van der Waals surface area contributed by atoms with Crippen molar-refractivity contribution in [2.45, 2.75) is 19.0 Å². The highest BCUT2D eigenvalue weighted by Crippen LogP contribution is 2.21. The van der Waals surface area contributed by atoms with Crippen LogP contribution in [0.5, 0.6) is 0 Å². The van der Waals surface area contributed by atoms with Gasteiger partial charge in [0.25, 0.3) is 0 Å². The van der Waals surface area contributed by atoms with Crippen LogP contribution >= 0.6 is 0 Å². The number of rotatable bonds is 2. The van der Waals surface area contributed by atoms with E-state index < -0.39 is 9.84 Å². The molecule has 0 unspecified atom stereocenters. The highest BCUT2D eigenvalue weighted by Gasteiger charge is 2.20. The third kappa shape index (κ3) is 1.51. The Bertz CT molecular complexity index is 641. The summed E-state index contributed by atoms with van der Waals surface area (Å²) < 4.78 is 25.3. The van der Waals surface area contributed by atoms with Crippen molar-refractivity contribution in [3.8, 4) is 0 Å². The van der Waals surface area contributed by atoms with E-state index in [1.165, 1.54) is 0 Å². The normalized spacial score (nSPS) is 12.2. The minimum atomic E-state index is -3.26. The number of nitrogens with zero attached hydrogens (tertiary/aromatic N) is 2.